The number of benzene rings is 1. The fourth-order valence-electron chi connectivity index (χ4n) is 3.73. The summed E-state index contributed by atoms with van der Waals surface area (Å²) in [6.07, 6.45) is 5.42. The van der Waals surface area contributed by atoms with E-state index in [1.54, 1.807) is 0 Å². The molecule has 2 aliphatic rings. The van der Waals surface area contributed by atoms with Gasteiger partial charge in [0.25, 0.3) is 0 Å². The molecule has 5 nitrogen and oxygen atoms in total. The lowest BCUT2D eigenvalue weighted by Gasteiger charge is -2.37. The molecule has 0 radical (unpaired) electrons. The highest BCUT2D eigenvalue weighted by Crippen LogP contribution is 2.38. The minimum Gasteiger partial charge on any atom is -0.445 e. The molecule has 1 aromatic carbocycles. The largest absolute Gasteiger partial charge is 0.445 e. The minimum absolute atomic E-state index is 0.205. The van der Waals surface area contributed by atoms with E-state index in [1.807, 2.05) is 62.2 Å². The first-order valence-electron chi connectivity index (χ1n) is 9.30. The van der Waals surface area contributed by atoms with E-state index in [1.165, 1.54) is 0 Å². The van der Waals surface area contributed by atoms with E-state index in [0.717, 1.165) is 31.2 Å². The Morgan fingerprint density at radius 1 is 1.23 bits per heavy atom. The Morgan fingerprint density at radius 2 is 1.85 bits per heavy atom. The molecule has 0 N–H and O–H groups in total. The van der Waals surface area contributed by atoms with E-state index < -0.39 is 11.0 Å². The zero-order valence-corrected chi connectivity index (χ0v) is 16.6. The number of fused-ring (bicyclic) bond motifs is 2. The topological polar surface area (TPSA) is 59.0 Å². The highest BCUT2D eigenvalue weighted by atomic mass is 32.2. The number of carbonyl (C=O) groups excluding carboxylic acids is 1. The van der Waals surface area contributed by atoms with Gasteiger partial charge in [-0.15, -0.1) is 0 Å². The van der Waals surface area contributed by atoms with E-state index >= 15 is 0 Å². The Morgan fingerprint density at radius 3 is 2.42 bits per heavy atom. The summed E-state index contributed by atoms with van der Waals surface area (Å²) in [4.78, 5) is 14.5. The van der Waals surface area contributed by atoms with Crippen molar-refractivity contribution in [1.29, 1.82) is 0 Å². The number of hydrogen-bond donors (Lipinski definition) is 0. The summed E-state index contributed by atoms with van der Waals surface area (Å²) in [7, 11) is -1.22. The van der Waals surface area contributed by atoms with Crippen LogP contribution in [0.3, 0.4) is 0 Å². The van der Waals surface area contributed by atoms with E-state index in [0.29, 0.717) is 6.61 Å². The van der Waals surface area contributed by atoms with Gasteiger partial charge in [0, 0.05) is 18.3 Å². The third kappa shape index (κ3) is 4.53. The predicted octanol–water partition coefficient (Wildman–Crippen LogP) is 4.10. The quantitative estimate of drug-likeness (QED) is 0.744. The summed E-state index contributed by atoms with van der Waals surface area (Å²) >= 11 is 0. The molecular formula is C20H28N2O3S. The number of amides is 1. The van der Waals surface area contributed by atoms with Gasteiger partial charge in [0.1, 0.15) is 17.6 Å². The Bertz CT molecular complexity index is 670. The van der Waals surface area contributed by atoms with E-state index in [2.05, 4.69) is 4.40 Å². The Balaban J connectivity index is 1.56. The molecule has 2 fully saturated rings. The highest BCUT2D eigenvalue weighted by molar-refractivity contribution is 7.85. The van der Waals surface area contributed by atoms with Gasteiger partial charge < -0.3 is 9.64 Å². The van der Waals surface area contributed by atoms with E-state index in [4.69, 9.17) is 4.74 Å². The summed E-state index contributed by atoms with van der Waals surface area (Å²) in [6, 6.07) is 10.2. The molecule has 0 aromatic heterocycles. The van der Waals surface area contributed by atoms with Crippen LogP contribution in [0, 0.1) is 5.92 Å². The van der Waals surface area contributed by atoms with Crippen molar-refractivity contribution in [2.24, 2.45) is 10.3 Å². The second kappa shape index (κ2) is 7.91. The lowest BCUT2D eigenvalue weighted by atomic mass is 9.92. The van der Waals surface area contributed by atoms with E-state index in [-0.39, 0.29) is 28.8 Å². The Kier molecular flexibility index (Phi) is 5.80. The molecule has 1 aromatic rings. The molecule has 1 unspecified atom stereocenters. The smallest absolute Gasteiger partial charge is 0.410 e. The molecule has 0 saturated carbocycles. The van der Waals surface area contributed by atoms with Crippen LogP contribution in [-0.4, -0.2) is 38.2 Å². The maximum atomic E-state index is 12.6. The van der Waals surface area contributed by atoms with Crippen LogP contribution < -0.4 is 0 Å². The molecule has 1 amide bonds. The molecule has 2 bridgehead atoms. The van der Waals surface area contributed by atoms with Crippen molar-refractivity contribution in [2.45, 2.75) is 69.9 Å². The maximum absolute atomic E-state index is 12.6. The molecule has 2 saturated heterocycles. The summed E-state index contributed by atoms with van der Waals surface area (Å²) in [5.74, 6) is 0.289. The van der Waals surface area contributed by atoms with Gasteiger partial charge in [-0.25, -0.2) is 9.00 Å². The van der Waals surface area contributed by atoms with Crippen molar-refractivity contribution in [2.75, 3.05) is 0 Å². The van der Waals surface area contributed by atoms with Gasteiger partial charge >= 0.3 is 6.09 Å². The van der Waals surface area contributed by atoms with Crippen molar-refractivity contribution in [3.8, 4) is 0 Å². The normalized spacial score (nSPS) is 26.9. The third-order valence-electron chi connectivity index (χ3n) is 5.08. The van der Waals surface area contributed by atoms with Gasteiger partial charge in [-0.1, -0.05) is 30.3 Å². The second-order valence-corrected chi connectivity index (χ2v) is 10.1. The average Bonchev–Trinajstić information content (AvgIpc) is 2.88. The molecule has 0 spiro atoms. The van der Waals surface area contributed by atoms with Crippen molar-refractivity contribution < 1.29 is 13.7 Å². The van der Waals surface area contributed by atoms with Crippen molar-refractivity contribution in [3.63, 3.8) is 0 Å². The Labute approximate surface area is 158 Å². The van der Waals surface area contributed by atoms with Crippen molar-refractivity contribution in [1.82, 2.24) is 4.90 Å². The number of ether oxygens (including phenoxy) is 1. The summed E-state index contributed by atoms with van der Waals surface area (Å²) in [5.41, 5.74) is 1.000. The first-order chi connectivity index (χ1) is 12.3. The van der Waals surface area contributed by atoms with E-state index in [9.17, 15) is 9.00 Å². The zero-order chi connectivity index (χ0) is 18.7. The molecule has 2 aliphatic heterocycles. The SMILES string of the molecule is CC(C)(C)[S@@](=O)/N=C/C1C[C@H]2CC[C@@H](C1)N2C(=O)OCc1ccccc1. The third-order valence-corrected chi connectivity index (χ3v) is 6.44. The van der Waals surface area contributed by atoms with Crippen LogP contribution in [0.4, 0.5) is 4.79 Å². The fraction of sp³-hybridized carbons (Fsp3) is 0.600. The molecule has 3 rings (SSSR count). The van der Waals surface area contributed by atoms with Gasteiger partial charge in [0.15, 0.2) is 0 Å². The molecule has 2 heterocycles. The number of rotatable bonds is 4. The maximum Gasteiger partial charge on any atom is 0.410 e. The van der Waals surface area contributed by atoms with Crippen LogP contribution in [-0.2, 0) is 22.3 Å². The first-order valence-corrected chi connectivity index (χ1v) is 10.4. The monoisotopic (exact) mass is 376 g/mol. The van der Waals surface area contributed by atoms with Crippen LogP contribution >= 0.6 is 0 Å². The first kappa shape index (κ1) is 19.1. The molecule has 142 valence electrons. The molecule has 6 heteroatoms. The zero-order valence-electron chi connectivity index (χ0n) is 15.8. The van der Waals surface area contributed by atoms with Crippen LogP contribution in [0.15, 0.2) is 34.7 Å². The fourth-order valence-corrected chi connectivity index (χ4v) is 4.33. The lowest BCUT2D eigenvalue weighted by Crippen LogP contribution is -2.47. The molecular weight excluding hydrogens is 348 g/mol. The van der Waals surface area contributed by atoms with Gasteiger partial charge in [-0.3, -0.25) is 0 Å². The van der Waals surface area contributed by atoms with Gasteiger partial charge in [0.05, 0.1) is 4.75 Å². The second-order valence-electron chi connectivity index (χ2n) is 8.18. The van der Waals surface area contributed by atoms with Crippen LogP contribution in [0.1, 0.15) is 52.0 Å². The van der Waals surface area contributed by atoms with Gasteiger partial charge in [-0.2, -0.15) is 4.40 Å². The van der Waals surface area contributed by atoms with Gasteiger partial charge in [0.2, 0.25) is 0 Å². The highest BCUT2D eigenvalue weighted by Gasteiger charge is 2.43. The minimum atomic E-state index is -1.22. The number of carbonyl (C=O) groups is 1. The number of nitrogens with zero attached hydrogens (tertiary/aromatic N) is 2. The summed E-state index contributed by atoms with van der Waals surface area (Å²) in [5, 5.41) is 0. The molecule has 26 heavy (non-hydrogen) atoms. The summed E-state index contributed by atoms with van der Waals surface area (Å²) in [6.45, 7) is 6.09. The molecule has 4 atom stereocenters. The van der Waals surface area contributed by atoms with Crippen LogP contribution in [0.5, 0.6) is 0 Å². The van der Waals surface area contributed by atoms with Crippen molar-refractivity contribution in [3.05, 3.63) is 35.9 Å². The molecule has 0 aliphatic carbocycles. The van der Waals surface area contributed by atoms with Crippen LogP contribution in [0.2, 0.25) is 0 Å². The predicted molar refractivity (Wildman–Crippen MR) is 104 cm³/mol. The standard InChI is InChI=1S/C20H28N2O3S/c1-20(2,3)26(24)21-13-16-11-17-9-10-18(12-16)22(17)19(23)25-14-15-7-5-4-6-8-15/h4-8,13,16-18H,9-12,14H2,1-3H3/b21-13+/t16?,17-,18+,26-/m1/s1. The van der Waals surface area contributed by atoms with Crippen molar-refractivity contribution >= 4 is 23.3 Å². The van der Waals surface area contributed by atoms with Crippen LogP contribution in [0.25, 0.3) is 0 Å². The number of piperidine rings is 1. The summed E-state index contributed by atoms with van der Waals surface area (Å²) < 4.78 is 21.6. The lowest BCUT2D eigenvalue weighted by molar-refractivity contribution is 0.0602. The number of hydrogen-bond acceptors (Lipinski definition) is 3. The Hall–Kier alpha value is -1.69. The average molecular weight is 377 g/mol. The van der Waals surface area contributed by atoms with Gasteiger partial charge in [-0.05, 0) is 57.9 Å².